The molecule has 0 amide bonds. The zero-order valence-electron chi connectivity index (χ0n) is 8.20. The van der Waals surface area contributed by atoms with E-state index < -0.39 is 12.1 Å². The summed E-state index contributed by atoms with van der Waals surface area (Å²) in [6.07, 6.45) is 6.72. The lowest BCUT2D eigenvalue weighted by molar-refractivity contribution is -0.139. The van der Waals surface area contributed by atoms with Gasteiger partial charge < -0.3 is 15.5 Å². The maximum absolute atomic E-state index is 10.2. The first kappa shape index (κ1) is 12.9. The summed E-state index contributed by atoms with van der Waals surface area (Å²) in [6.45, 7) is 1.08. The van der Waals surface area contributed by atoms with E-state index in [-0.39, 0.29) is 6.42 Å². The van der Waals surface area contributed by atoms with Crippen LogP contribution in [0.5, 0.6) is 0 Å². The monoisotopic (exact) mass is 199 g/mol. The van der Waals surface area contributed by atoms with Gasteiger partial charge in [0, 0.05) is 13.0 Å². The molecule has 0 aromatic rings. The molecule has 4 nitrogen and oxygen atoms in total. The maximum Gasteiger partial charge on any atom is 0.306 e. The van der Waals surface area contributed by atoms with Crippen molar-refractivity contribution in [1.82, 2.24) is 5.32 Å². The van der Waals surface area contributed by atoms with E-state index in [0.717, 1.165) is 25.8 Å². The molecule has 0 radical (unpaired) electrons. The summed E-state index contributed by atoms with van der Waals surface area (Å²) < 4.78 is 0. The van der Waals surface area contributed by atoms with Crippen LogP contribution in [-0.4, -0.2) is 35.4 Å². The molecule has 1 unspecified atom stereocenters. The molecule has 0 saturated carbocycles. The van der Waals surface area contributed by atoms with Crippen molar-refractivity contribution in [2.24, 2.45) is 0 Å². The fourth-order valence-electron chi connectivity index (χ4n) is 1.02. The Hall–Kier alpha value is -1.05. The van der Waals surface area contributed by atoms with Gasteiger partial charge in [-0.3, -0.25) is 4.79 Å². The third-order valence-electron chi connectivity index (χ3n) is 1.71. The lowest BCUT2D eigenvalue weighted by atomic mass is 10.2. The van der Waals surface area contributed by atoms with E-state index in [2.05, 4.69) is 11.2 Å². The number of terminal acetylenes is 1. The molecule has 0 bridgehead atoms. The molecule has 0 saturated heterocycles. The Balaban J connectivity index is 3.19. The molecule has 0 spiro atoms. The Morgan fingerprint density at radius 3 is 2.79 bits per heavy atom. The summed E-state index contributed by atoms with van der Waals surface area (Å²) in [5.74, 6) is 1.56. The van der Waals surface area contributed by atoms with Crippen LogP contribution in [-0.2, 0) is 4.79 Å². The Kier molecular flexibility index (Phi) is 7.90. The molecule has 14 heavy (non-hydrogen) atoms. The Labute approximate surface area is 84.3 Å². The lowest BCUT2D eigenvalue weighted by Crippen LogP contribution is -2.29. The molecule has 0 rings (SSSR count). The van der Waals surface area contributed by atoms with Crippen molar-refractivity contribution in [3.05, 3.63) is 0 Å². The van der Waals surface area contributed by atoms with Gasteiger partial charge in [0.15, 0.2) is 0 Å². The molecule has 1 atom stereocenters. The van der Waals surface area contributed by atoms with E-state index in [1.807, 2.05) is 0 Å². The highest BCUT2D eigenvalue weighted by molar-refractivity contribution is 5.67. The van der Waals surface area contributed by atoms with Gasteiger partial charge in [0.1, 0.15) is 0 Å². The second-order valence-corrected chi connectivity index (χ2v) is 3.12. The minimum atomic E-state index is -0.980. The zero-order chi connectivity index (χ0) is 10.8. The van der Waals surface area contributed by atoms with Gasteiger partial charge in [-0.1, -0.05) is 0 Å². The third kappa shape index (κ3) is 9.04. The zero-order valence-corrected chi connectivity index (χ0v) is 8.20. The van der Waals surface area contributed by atoms with Gasteiger partial charge in [0.2, 0.25) is 0 Å². The van der Waals surface area contributed by atoms with Gasteiger partial charge >= 0.3 is 5.97 Å². The number of carbonyl (C=O) groups is 1. The summed E-state index contributed by atoms with van der Waals surface area (Å²) >= 11 is 0. The smallest absolute Gasteiger partial charge is 0.306 e. The van der Waals surface area contributed by atoms with E-state index in [1.54, 1.807) is 0 Å². The van der Waals surface area contributed by atoms with Crippen LogP contribution in [0.2, 0.25) is 0 Å². The number of hydrogen-bond donors (Lipinski definition) is 3. The summed E-state index contributed by atoms with van der Waals surface area (Å²) in [7, 11) is 0. The van der Waals surface area contributed by atoms with Crippen LogP contribution in [0.3, 0.4) is 0 Å². The number of carboxylic acids is 1. The van der Waals surface area contributed by atoms with E-state index in [1.165, 1.54) is 0 Å². The number of rotatable bonds is 8. The lowest BCUT2D eigenvalue weighted by Gasteiger charge is -2.08. The molecule has 80 valence electrons. The van der Waals surface area contributed by atoms with E-state index in [0.29, 0.717) is 6.54 Å². The Morgan fingerprint density at radius 2 is 2.21 bits per heavy atom. The number of carboxylic acid groups (broad SMARTS) is 1. The normalized spacial score (nSPS) is 12.0. The molecule has 3 N–H and O–H groups in total. The van der Waals surface area contributed by atoms with Crippen molar-refractivity contribution in [1.29, 1.82) is 0 Å². The number of nitrogens with one attached hydrogen (secondary N) is 1. The Bertz CT molecular complexity index is 198. The van der Waals surface area contributed by atoms with Crippen LogP contribution in [0.1, 0.15) is 25.7 Å². The van der Waals surface area contributed by atoms with Gasteiger partial charge in [-0.15, -0.1) is 12.3 Å². The summed E-state index contributed by atoms with van der Waals surface area (Å²) in [5, 5.41) is 20.5. The molecule has 4 heteroatoms. The van der Waals surface area contributed by atoms with Crippen molar-refractivity contribution in [3.63, 3.8) is 0 Å². The molecule has 0 aromatic carbocycles. The van der Waals surface area contributed by atoms with Crippen molar-refractivity contribution in [2.75, 3.05) is 13.1 Å². The first-order chi connectivity index (χ1) is 6.66. The Morgan fingerprint density at radius 1 is 1.50 bits per heavy atom. The highest BCUT2D eigenvalue weighted by atomic mass is 16.4. The number of hydrogen-bond acceptors (Lipinski definition) is 3. The minimum absolute atomic E-state index is 0.211. The van der Waals surface area contributed by atoms with Gasteiger partial charge in [0.25, 0.3) is 0 Å². The minimum Gasteiger partial charge on any atom is -0.481 e. The number of unbranched alkanes of at least 4 members (excludes halogenated alkanes) is 2. The highest BCUT2D eigenvalue weighted by Crippen LogP contribution is 1.93. The van der Waals surface area contributed by atoms with Crippen LogP contribution in [0, 0.1) is 12.3 Å². The third-order valence-corrected chi connectivity index (χ3v) is 1.71. The molecular formula is C10H17NO3. The quantitative estimate of drug-likeness (QED) is 0.386. The number of aliphatic hydroxyl groups excluding tert-OH is 1. The number of aliphatic hydroxyl groups is 1. The summed E-state index contributed by atoms with van der Waals surface area (Å²) in [6, 6.07) is 0. The molecule has 0 aliphatic rings. The molecule has 0 aliphatic carbocycles. The van der Waals surface area contributed by atoms with Gasteiger partial charge in [-0.05, 0) is 19.4 Å². The molecule has 0 aliphatic heterocycles. The van der Waals surface area contributed by atoms with E-state index >= 15 is 0 Å². The van der Waals surface area contributed by atoms with Crippen LogP contribution in [0.4, 0.5) is 0 Å². The SMILES string of the molecule is C#CCCCCNCC(O)CC(=O)O. The average Bonchev–Trinajstić information content (AvgIpc) is 2.10. The van der Waals surface area contributed by atoms with Crippen molar-refractivity contribution < 1.29 is 15.0 Å². The predicted molar refractivity (Wildman–Crippen MR) is 53.8 cm³/mol. The topological polar surface area (TPSA) is 69.6 Å². The van der Waals surface area contributed by atoms with Crippen LogP contribution < -0.4 is 5.32 Å². The first-order valence-corrected chi connectivity index (χ1v) is 4.71. The number of aliphatic carboxylic acids is 1. The largest absolute Gasteiger partial charge is 0.481 e. The standard InChI is InChI=1S/C10H17NO3/c1-2-3-4-5-6-11-8-9(12)7-10(13)14/h1,9,11-12H,3-8H2,(H,13,14). The summed E-state index contributed by atoms with van der Waals surface area (Å²) in [5.41, 5.74) is 0. The van der Waals surface area contributed by atoms with Crippen LogP contribution in [0.15, 0.2) is 0 Å². The second kappa shape index (κ2) is 8.54. The van der Waals surface area contributed by atoms with E-state index in [9.17, 15) is 4.79 Å². The molecular weight excluding hydrogens is 182 g/mol. The first-order valence-electron chi connectivity index (χ1n) is 4.71. The second-order valence-electron chi connectivity index (χ2n) is 3.12. The maximum atomic E-state index is 10.2. The van der Waals surface area contributed by atoms with E-state index in [4.69, 9.17) is 16.6 Å². The average molecular weight is 199 g/mol. The fraction of sp³-hybridized carbons (Fsp3) is 0.700. The molecule has 0 aromatic heterocycles. The van der Waals surface area contributed by atoms with Crippen LogP contribution >= 0.6 is 0 Å². The van der Waals surface area contributed by atoms with Crippen LogP contribution in [0.25, 0.3) is 0 Å². The van der Waals surface area contributed by atoms with Crippen molar-refractivity contribution in [2.45, 2.75) is 31.8 Å². The fourth-order valence-corrected chi connectivity index (χ4v) is 1.02. The van der Waals surface area contributed by atoms with Gasteiger partial charge in [0.05, 0.1) is 12.5 Å². The van der Waals surface area contributed by atoms with Gasteiger partial charge in [-0.2, -0.15) is 0 Å². The molecule has 0 heterocycles. The van der Waals surface area contributed by atoms with Crippen molar-refractivity contribution >= 4 is 5.97 Å². The molecule has 0 fully saturated rings. The van der Waals surface area contributed by atoms with Gasteiger partial charge in [-0.25, -0.2) is 0 Å². The summed E-state index contributed by atoms with van der Waals surface area (Å²) in [4.78, 5) is 10.2. The predicted octanol–water partition coefficient (Wildman–Crippen LogP) is 0.215. The van der Waals surface area contributed by atoms with Crippen molar-refractivity contribution in [3.8, 4) is 12.3 Å². The highest BCUT2D eigenvalue weighted by Gasteiger charge is 2.07.